The van der Waals surface area contributed by atoms with E-state index in [4.69, 9.17) is 0 Å². The minimum atomic E-state index is -4.70. The van der Waals surface area contributed by atoms with Crippen LogP contribution in [0.4, 0.5) is 32.2 Å². The molecule has 3 rings (SSSR count). The number of aryl methyl sites for hydroxylation is 1. The number of hydrogen-bond acceptors (Lipinski definition) is 4. The zero-order valence-corrected chi connectivity index (χ0v) is 13.8. The Morgan fingerprint density at radius 1 is 1.00 bits per heavy atom. The van der Waals surface area contributed by atoms with Gasteiger partial charge in [-0.15, -0.1) is 0 Å². The molecule has 1 aliphatic rings. The Kier molecular flexibility index (Phi) is 4.32. The van der Waals surface area contributed by atoms with Crippen LogP contribution in [0.1, 0.15) is 33.9 Å². The number of anilines is 1. The lowest BCUT2D eigenvalue weighted by Gasteiger charge is -2.31. The maximum atomic E-state index is 13.0. The minimum Gasteiger partial charge on any atom is -0.351 e. The highest BCUT2D eigenvalue weighted by Gasteiger charge is 2.37. The molecule has 0 saturated carbocycles. The van der Waals surface area contributed by atoms with E-state index < -0.39 is 23.7 Å². The lowest BCUT2D eigenvalue weighted by Crippen LogP contribution is -2.33. The first-order chi connectivity index (χ1) is 12.0. The fraction of sp³-hybridized carbons (Fsp3) is 0.438. The summed E-state index contributed by atoms with van der Waals surface area (Å²) in [6, 6.07) is 0.989. The van der Waals surface area contributed by atoms with Crippen LogP contribution in [0, 0.1) is 13.8 Å². The van der Waals surface area contributed by atoms with E-state index in [2.05, 4.69) is 15.0 Å². The van der Waals surface area contributed by atoms with Gasteiger partial charge in [-0.25, -0.2) is 9.97 Å². The second-order valence-electron chi connectivity index (χ2n) is 6.08. The van der Waals surface area contributed by atoms with Crippen LogP contribution in [-0.2, 0) is 25.3 Å². The van der Waals surface area contributed by atoms with Gasteiger partial charge in [-0.2, -0.15) is 26.3 Å². The Hall–Kier alpha value is -2.39. The van der Waals surface area contributed by atoms with Gasteiger partial charge in [0.25, 0.3) is 0 Å². The fourth-order valence-corrected chi connectivity index (χ4v) is 2.81. The van der Waals surface area contributed by atoms with E-state index in [9.17, 15) is 26.3 Å². The van der Waals surface area contributed by atoms with Gasteiger partial charge in [0.1, 0.15) is 5.82 Å². The molecule has 2 aromatic heterocycles. The van der Waals surface area contributed by atoms with Crippen molar-refractivity contribution in [2.75, 3.05) is 11.4 Å². The minimum absolute atomic E-state index is 0.000837. The summed E-state index contributed by atoms with van der Waals surface area (Å²) < 4.78 is 77.6. The standard InChI is InChI=1S/C16H14F6N4/c1-8-9(2)24-14(16(20,21)22)25-13(8)26-4-3-12-10(7-26)5-11(6-23-12)15(17,18)19/h5-6H,3-4,7H2,1-2H3. The Morgan fingerprint density at radius 2 is 1.69 bits per heavy atom. The maximum absolute atomic E-state index is 13.0. The van der Waals surface area contributed by atoms with Crippen LogP contribution in [0.2, 0.25) is 0 Å². The number of fused-ring (bicyclic) bond motifs is 1. The van der Waals surface area contributed by atoms with E-state index in [1.54, 1.807) is 6.92 Å². The summed E-state index contributed by atoms with van der Waals surface area (Å²) in [5, 5.41) is 0. The monoisotopic (exact) mass is 376 g/mol. The second kappa shape index (κ2) is 6.10. The zero-order chi connectivity index (χ0) is 19.3. The predicted octanol–water partition coefficient (Wildman–Crippen LogP) is 4.09. The van der Waals surface area contributed by atoms with Crippen LogP contribution in [0.3, 0.4) is 0 Å². The molecule has 0 N–H and O–H groups in total. The molecule has 3 heterocycles. The van der Waals surface area contributed by atoms with E-state index >= 15 is 0 Å². The maximum Gasteiger partial charge on any atom is 0.451 e. The number of alkyl halides is 6. The van der Waals surface area contributed by atoms with E-state index in [0.717, 1.165) is 12.3 Å². The number of aromatic nitrogens is 3. The van der Waals surface area contributed by atoms with Gasteiger partial charge in [-0.05, 0) is 25.5 Å². The van der Waals surface area contributed by atoms with Crippen molar-refractivity contribution in [1.29, 1.82) is 0 Å². The van der Waals surface area contributed by atoms with E-state index in [-0.39, 0.29) is 18.1 Å². The fourth-order valence-electron chi connectivity index (χ4n) is 2.81. The van der Waals surface area contributed by atoms with Crippen LogP contribution in [0.25, 0.3) is 0 Å². The van der Waals surface area contributed by atoms with E-state index in [0.29, 0.717) is 29.8 Å². The molecule has 10 heteroatoms. The summed E-state index contributed by atoms with van der Waals surface area (Å²) in [5.74, 6) is -1.18. The number of halogens is 6. The predicted molar refractivity (Wildman–Crippen MR) is 80.5 cm³/mol. The van der Waals surface area contributed by atoms with Gasteiger partial charge in [0.2, 0.25) is 5.82 Å². The molecule has 4 nitrogen and oxygen atoms in total. The average Bonchev–Trinajstić information content (AvgIpc) is 2.54. The zero-order valence-electron chi connectivity index (χ0n) is 13.8. The van der Waals surface area contributed by atoms with Gasteiger partial charge in [-0.1, -0.05) is 0 Å². The number of nitrogens with zero attached hydrogens (tertiary/aromatic N) is 4. The molecular formula is C16H14F6N4. The number of hydrogen-bond donors (Lipinski definition) is 0. The van der Waals surface area contributed by atoms with Crippen molar-refractivity contribution < 1.29 is 26.3 Å². The first kappa shape index (κ1) is 18.4. The molecule has 2 aromatic rings. The smallest absolute Gasteiger partial charge is 0.351 e. The third-order valence-electron chi connectivity index (χ3n) is 4.28. The molecule has 0 saturated heterocycles. The second-order valence-corrected chi connectivity index (χ2v) is 6.08. The lowest BCUT2D eigenvalue weighted by molar-refractivity contribution is -0.145. The Morgan fingerprint density at radius 3 is 2.31 bits per heavy atom. The van der Waals surface area contributed by atoms with Crippen LogP contribution in [-0.4, -0.2) is 21.5 Å². The third kappa shape index (κ3) is 3.45. The average molecular weight is 376 g/mol. The molecule has 26 heavy (non-hydrogen) atoms. The summed E-state index contributed by atoms with van der Waals surface area (Å²) >= 11 is 0. The van der Waals surface area contributed by atoms with Crippen molar-refractivity contribution in [2.24, 2.45) is 0 Å². The van der Waals surface area contributed by atoms with Crippen LogP contribution in [0.15, 0.2) is 12.3 Å². The summed E-state index contributed by atoms with van der Waals surface area (Å²) in [6.45, 7) is 3.34. The SMILES string of the molecule is Cc1nc(C(F)(F)F)nc(N2CCc3ncc(C(F)(F)F)cc3C2)c1C. The van der Waals surface area contributed by atoms with Crippen molar-refractivity contribution in [1.82, 2.24) is 15.0 Å². The quantitative estimate of drug-likeness (QED) is 0.703. The van der Waals surface area contributed by atoms with Crippen molar-refractivity contribution in [3.05, 3.63) is 46.2 Å². The molecule has 140 valence electrons. The topological polar surface area (TPSA) is 41.9 Å². The molecule has 0 spiro atoms. The molecule has 0 fully saturated rings. The molecular weight excluding hydrogens is 362 g/mol. The van der Waals surface area contributed by atoms with Gasteiger partial charge in [-0.3, -0.25) is 4.98 Å². The van der Waals surface area contributed by atoms with Crippen molar-refractivity contribution >= 4 is 5.82 Å². The first-order valence-electron chi connectivity index (χ1n) is 7.69. The molecule has 0 aliphatic carbocycles. The first-order valence-corrected chi connectivity index (χ1v) is 7.69. The summed E-state index contributed by atoms with van der Waals surface area (Å²) in [5.41, 5.74) is 0.588. The molecule has 0 radical (unpaired) electrons. The van der Waals surface area contributed by atoms with Gasteiger partial charge in [0.15, 0.2) is 0 Å². The van der Waals surface area contributed by atoms with Gasteiger partial charge in [0.05, 0.1) is 5.56 Å². The highest BCUT2D eigenvalue weighted by molar-refractivity contribution is 5.51. The van der Waals surface area contributed by atoms with Crippen LogP contribution in [0.5, 0.6) is 0 Å². The Balaban J connectivity index is 2.00. The lowest BCUT2D eigenvalue weighted by atomic mass is 10.0. The summed E-state index contributed by atoms with van der Waals surface area (Å²) in [4.78, 5) is 12.5. The number of pyridine rings is 1. The van der Waals surface area contributed by atoms with Crippen molar-refractivity contribution in [3.8, 4) is 0 Å². The van der Waals surface area contributed by atoms with Gasteiger partial charge >= 0.3 is 12.4 Å². The number of rotatable bonds is 1. The summed E-state index contributed by atoms with van der Waals surface area (Å²) in [7, 11) is 0. The normalized spacial score (nSPS) is 15.2. The summed E-state index contributed by atoms with van der Waals surface area (Å²) in [6.07, 6.45) is -8.14. The van der Waals surface area contributed by atoms with E-state index in [1.165, 1.54) is 11.8 Å². The van der Waals surface area contributed by atoms with Crippen LogP contribution < -0.4 is 4.90 Å². The van der Waals surface area contributed by atoms with Crippen LogP contribution >= 0.6 is 0 Å². The molecule has 1 aliphatic heterocycles. The highest BCUT2D eigenvalue weighted by atomic mass is 19.4. The third-order valence-corrected chi connectivity index (χ3v) is 4.28. The molecule has 0 amide bonds. The Labute approximate surface area is 144 Å². The molecule has 0 atom stereocenters. The molecule has 0 bridgehead atoms. The van der Waals surface area contributed by atoms with Gasteiger partial charge in [0, 0.05) is 42.7 Å². The molecule has 0 aromatic carbocycles. The van der Waals surface area contributed by atoms with E-state index in [1.807, 2.05) is 0 Å². The molecule has 0 unspecified atom stereocenters. The van der Waals surface area contributed by atoms with Gasteiger partial charge < -0.3 is 4.90 Å². The largest absolute Gasteiger partial charge is 0.451 e. The Bertz CT molecular complexity index is 844. The van der Waals surface area contributed by atoms with Crippen molar-refractivity contribution in [3.63, 3.8) is 0 Å². The van der Waals surface area contributed by atoms with Crippen molar-refractivity contribution in [2.45, 2.75) is 39.2 Å². The highest BCUT2D eigenvalue weighted by Crippen LogP contribution is 2.34.